The van der Waals surface area contributed by atoms with Crippen molar-refractivity contribution in [1.82, 2.24) is 0 Å². The average Bonchev–Trinajstić information content (AvgIpc) is 2.91. The van der Waals surface area contributed by atoms with Gasteiger partial charge in [-0.3, -0.25) is 0 Å². The molecule has 0 amide bonds. The Labute approximate surface area is 181 Å². The van der Waals surface area contributed by atoms with Crippen molar-refractivity contribution in [2.45, 2.75) is 77.7 Å². The van der Waals surface area contributed by atoms with Crippen LogP contribution in [0.1, 0.15) is 82.6 Å². The monoisotopic (exact) mass is 396 g/mol. The van der Waals surface area contributed by atoms with Crippen LogP contribution in [-0.2, 0) is 17.4 Å². The largest absolute Gasteiger partial charge is 0.222 e. The van der Waals surface area contributed by atoms with E-state index in [-0.39, 0.29) is 11.0 Å². The minimum atomic E-state index is -0.00271. The first-order valence-corrected chi connectivity index (χ1v) is 11.8. The van der Waals surface area contributed by atoms with Crippen molar-refractivity contribution < 1.29 is 4.57 Å². The molecular formula is C29H34N+. The van der Waals surface area contributed by atoms with Gasteiger partial charge in [-0.05, 0) is 46.6 Å². The lowest BCUT2D eigenvalue weighted by Gasteiger charge is -2.35. The molecule has 1 heteroatoms. The third-order valence-corrected chi connectivity index (χ3v) is 7.89. The van der Waals surface area contributed by atoms with Crippen molar-refractivity contribution >= 4 is 16.8 Å². The molecule has 1 aliphatic carbocycles. The van der Waals surface area contributed by atoms with Crippen molar-refractivity contribution in [3.63, 3.8) is 0 Å². The van der Waals surface area contributed by atoms with E-state index in [9.17, 15) is 0 Å². The number of pyridine rings is 1. The van der Waals surface area contributed by atoms with Crippen LogP contribution in [0.3, 0.4) is 0 Å². The van der Waals surface area contributed by atoms with Crippen molar-refractivity contribution in [2.24, 2.45) is 0 Å². The first-order chi connectivity index (χ1) is 14.5. The number of benzene rings is 2. The van der Waals surface area contributed by atoms with Crippen molar-refractivity contribution in [3.05, 3.63) is 70.9 Å². The SMILES string of the molecule is CCCCc1cc2c3c4[n+](ccc3c1)C(CC)(CC)C=Cc1cccc(c1-4)C2(C)C. The van der Waals surface area contributed by atoms with Crippen molar-refractivity contribution in [3.8, 4) is 11.3 Å². The van der Waals surface area contributed by atoms with Gasteiger partial charge >= 0.3 is 0 Å². The van der Waals surface area contributed by atoms with E-state index in [4.69, 9.17) is 0 Å². The van der Waals surface area contributed by atoms with E-state index < -0.39 is 0 Å². The highest BCUT2D eigenvalue weighted by atomic mass is 15.1. The Balaban J connectivity index is 1.96. The number of rotatable bonds is 5. The molecule has 2 heterocycles. The zero-order valence-corrected chi connectivity index (χ0v) is 19.2. The van der Waals surface area contributed by atoms with Gasteiger partial charge in [0, 0.05) is 24.3 Å². The quantitative estimate of drug-likeness (QED) is 0.398. The Bertz CT molecular complexity index is 1170. The fourth-order valence-corrected chi connectivity index (χ4v) is 5.90. The molecule has 1 nitrogen and oxygen atoms in total. The molecule has 5 rings (SSSR count). The Hall–Kier alpha value is -2.41. The standard InChI is InChI=1S/C29H34N/c1-6-9-11-20-18-22-15-17-30-27-25-21(14-16-29(30,7-2)8-3)12-10-13-23(25)28(4,5)24(19-20)26(22)27/h10,12-19H,6-9,11H2,1-5H3/q+1. The second kappa shape index (κ2) is 6.80. The summed E-state index contributed by atoms with van der Waals surface area (Å²) in [7, 11) is 0. The normalized spacial score (nSPS) is 17.2. The predicted molar refractivity (Wildman–Crippen MR) is 128 cm³/mol. The van der Waals surface area contributed by atoms with Gasteiger partial charge in [0.2, 0.25) is 5.69 Å². The second-order valence-electron chi connectivity index (χ2n) is 9.78. The lowest BCUT2D eigenvalue weighted by Crippen LogP contribution is -2.56. The van der Waals surface area contributed by atoms with E-state index >= 15 is 0 Å². The van der Waals surface area contributed by atoms with E-state index in [1.165, 1.54) is 63.5 Å². The number of aryl methyl sites for hydroxylation is 1. The Morgan fingerprint density at radius 2 is 1.73 bits per heavy atom. The Morgan fingerprint density at radius 1 is 0.933 bits per heavy atom. The zero-order valence-electron chi connectivity index (χ0n) is 19.2. The number of unbranched alkanes of at least 4 members (excludes halogenated alkanes) is 1. The highest BCUT2D eigenvalue weighted by Gasteiger charge is 2.45. The van der Waals surface area contributed by atoms with Gasteiger partial charge in [-0.1, -0.05) is 77.4 Å². The van der Waals surface area contributed by atoms with E-state index in [0.717, 1.165) is 12.8 Å². The molecule has 0 bridgehead atoms. The summed E-state index contributed by atoms with van der Waals surface area (Å²) in [6, 6.07) is 14.3. The van der Waals surface area contributed by atoms with Crippen LogP contribution < -0.4 is 4.57 Å². The molecule has 0 saturated heterocycles. The van der Waals surface area contributed by atoms with E-state index in [0.29, 0.717) is 0 Å². The van der Waals surface area contributed by atoms with Crippen LogP contribution in [-0.4, -0.2) is 0 Å². The molecule has 0 fully saturated rings. The maximum Gasteiger partial charge on any atom is 0.222 e. The molecule has 0 spiro atoms. The van der Waals surface area contributed by atoms with Crippen LogP contribution in [0.5, 0.6) is 0 Å². The van der Waals surface area contributed by atoms with Crippen LogP contribution in [0.15, 0.2) is 48.7 Å². The third kappa shape index (κ3) is 2.51. The third-order valence-electron chi connectivity index (χ3n) is 7.89. The second-order valence-corrected chi connectivity index (χ2v) is 9.78. The van der Waals surface area contributed by atoms with E-state index in [1.54, 1.807) is 0 Å². The highest BCUT2D eigenvalue weighted by molar-refractivity contribution is 6.02. The van der Waals surface area contributed by atoms with Gasteiger partial charge in [-0.25, -0.2) is 0 Å². The summed E-state index contributed by atoms with van der Waals surface area (Å²) in [5.41, 5.74) is 8.73. The van der Waals surface area contributed by atoms with Crippen LogP contribution in [0.4, 0.5) is 0 Å². The predicted octanol–water partition coefficient (Wildman–Crippen LogP) is 7.32. The zero-order chi connectivity index (χ0) is 21.1. The van der Waals surface area contributed by atoms with Crippen LogP contribution >= 0.6 is 0 Å². The Morgan fingerprint density at radius 3 is 2.47 bits per heavy atom. The minimum absolute atomic E-state index is 0.00271. The topological polar surface area (TPSA) is 3.88 Å². The number of hydrogen-bond donors (Lipinski definition) is 0. The van der Waals surface area contributed by atoms with E-state index in [2.05, 4.69) is 93.9 Å². The summed E-state index contributed by atoms with van der Waals surface area (Å²) >= 11 is 0. The molecule has 0 atom stereocenters. The molecule has 0 unspecified atom stereocenters. The summed E-state index contributed by atoms with van der Waals surface area (Å²) < 4.78 is 2.60. The van der Waals surface area contributed by atoms with Crippen molar-refractivity contribution in [2.75, 3.05) is 0 Å². The van der Waals surface area contributed by atoms with Crippen LogP contribution in [0.25, 0.3) is 28.1 Å². The van der Waals surface area contributed by atoms with Gasteiger partial charge in [0.15, 0.2) is 11.7 Å². The summed E-state index contributed by atoms with van der Waals surface area (Å²) in [5.74, 6) is 0. The van der Waals surface area contributed by atoms with Gasteiger partial charge in [0.05, 0.1) is 10.9 Å². The minimum Gasteiger partial charge on any atom is -0.189 e. The molecule has 0 radical (unpaired) electrons. The highest BCUT2D eigenvalue weighted by Crippen LogP contribution is 2.50. The first kappa shape index (κ1) is 19.5. The molecule has 2 aromatic carbocycles. The lowest BCUT2D eigenvalue weighted by molar-refractivity contribution is -0.742. The van der Waals surface area contributed by atoms with Crippen LogP contribution in [0.2, 0.25) is 0 Å². The maximum atomic E-state index is 2.60. The fourth-order valence-electron chi connectivity index (χ4n) is 5.90. The van der Waals surface area contributed by atoms with Crippen molar-refractivity contribution in [1.29, 1.82) is 0 Å². The van der Waals surface area contributed by atoms with Gasteiger partial charge in [0.1, 0.15) is 0 Å². The molecule has 1 aliphatic heterocycles. The summed E-state index contributed by atoms with van der Waals surface area (Å²) in [6.07, 6.45) is 13.1. The molecule has 30 heavy (non-hydrogen) atoms. The van der Waals surface area contributed by atoms with E-state index in [1.807, 2.05) is 0 Å². The smallest absolute Gasteiger partial charge is 0.189 e. The lowest BCUT2D eigenvalue weighted by atomic mass is 9.68. The van der Waals surface area contributed by atoms with Gasteiger partial charge in [-0.15, -0.1) is 0 Å². The molecular weight excluding hydrogens is 362 g/mol. The molecule has 0 N–H and O–H groups in total. The number of nitrogens with zero attached hydrogens (tertiary/aromatic N) is 1. The number of allylic oxidation sites excluding steroid dienone is 1. The number of hydrogen-bond acceptors (Lipinski definition) is 0. The average molecular weight is 397 g/mol. The Kier molecular flexibility index (Phi) is 4.43. The molecule has 1 aromatic heterocycles. The fraction of sp³-hybridized carbons (Fsp3) is 0.414. The van der Waals surface area contributed by atoms with Crippen LogP contribution in [0, 0.1) is 0 Å². The number of aromatic nitrogens is 1. The van der Waals surface area contributed by atoms with Gasteiger partial charge < -0.3 is 0 Å². The molecule has 0 saturated carbocycles. The maximum absolute atomic E-state index is 2.60. The first-order valence-electron chi connectivity index (χ1n) is 11.8. The summed E-state index contributed by atoms with van der Waals surface area (Å²) in [6.45, 7) is 11.8. The molecule has 3 aromatic rings. The molecule has 2 aliphatic rings. The van der Waals surface area contributed by atoms with Gasteiger partial charge in [0.25, 0.3) is 0 Å². The summed E-state index contributed by atoms with van der Waals surface area (Å²) in [5, 5.41) is 2.87. The van der Waals surface area contributed by atoms with Gasteiger partial charge in [-0.2, -0.15) is 4.57 Å². The molecule has 154 valence electrons. The summed E-state index contributed by atoms with van der Waals surface area (Å²) in [4.78, 5) is 0.